The number of esters is 1. The van der Waals surface area contributed by atoms with Crippen LogP contribution in [-0.4, -0.2) is 165 Å². The van der Waals surface area contributed by atoms with Crippen LogP contribution in [0.4, 0.5) is 28.4 Å². The van der Waals surface area contributed by atoms with Gasteiger partial charge >= 0.3 is 5.97 Å². The van der Waals surface area contributed by atoms with Gasteiger partial charge in [-0.05, 0) is 224 Å². The molecule has 8 heterocycles. The Morgan fingerprint density at radius 3 is 2.08 bits per heavy atom. The number of hydrogen-bond acceptors (Lipinski definition) is 21. The second kappa shape index (κ2) is 42.6. The second-order valence-electron chi connectivity index (χ2n) is 38.7. The number of nitrogens with zero attached hydrogens (tertiary/aromatic N) is 8. The Hall–Kier alpha value is -12.7. The van der Waals surface area contributed by atoms with Gasteiger partial charge in [0.2, 0.25) is 38.6 Å². The molecular weight excluding hydrogens is 1860 g/mol. The summed E-state index contributed by atoms with van der Waals surface area (Å²) in [6, 6.07) is 49.4. The fourth-order valence-electron chi connectivity index (χ4n) is 20.5. The fraction of sp³-hybridized carbons (Fsp3) is 0.376. The molecule has 1 aliphatic carbocycles. The molecule has 2 aromatic heterocycles. The van der Waals surface area contributed by atoms with Gasteiger partial charge in [0.25, 0.3) is 11.8 Å². The van der Waals surface area contributed by atoms with Gasteiger partial charge in [0.15, 0.2) is 24.6 Å². The van der Waals surface area contributed by atoms with Gasteiger partial charge in [0.1, 0.15) is 49.9 Å². The van der Waals surface area contributed by atoms with Crippen molar-refractivity contribution in [2.45, 2.75) is 203 Å². The van der Waals surface area contributed by atoms with E-state index in [1.165, 1.54) is 55.7 Å². The maximum atomic E-state index is 15.1. The normalized spacial score (nSPS) is 16.7. The van der Waals surface area contributed by atoms with Gasteiger partial charge in [-0.3, -0.25) is 24.0 Å². The number of carbonyl (C=O) groups is 6. The van der Waals surface area contributed by atoms with Crippen molar-refractivity contribution in [3.63, 3.8) is 0 Å². The van der Waals surface area contributed by atoms with E-state index in [9.17, 15) is 54.7 Å². The third-order valence-electron chi connectivity index (χ3n) is 28.6. The lowest BCUT2D eigenvalue weighted by Gasteiger charge is -2.32. The summed E-state index contributed by atoms with van der Waals surface area (Å²) in [5, 5.41) is 26.5. The number of thiophene rings is 1. The van der Waals surface area contributed by atoms with Gasteiger partial charge in [0.05, 0.1) is 49.0 Å². The van der Waals surface area contributed by atoms with Gasteiger partial charge in [-0.1, -0.05) is 125 Å². The van der Waals surface area contributed by atoms with Gasteiger partial charge in [-0.25, -0.2) is 34.7 Å². The maximum Gasteiger partial charge on any atom is 0.339 e. The number of ketones is 1. The van der Waals surface area contributed by atoms with Crippen molar-refractivity contribution in [1.29, 1.82) is 0 Å². The number of allylic oxidation sites excluding steroid dienone is 6. The first-order chi connectivity index (χ1) is 67.4. The zero-order chi connectivity index (χ0) is 100. The van der Waals surface area contributed by atoms with Crippen molar-refractivity contribution in [3.05, 3.63) is 278 Å². The number of fused-ring (bicyclic) bond motifs is 6. The molecule has 32 heteroatoms. The molecule has 6 aliphatic heterocycles. The smallest absolute Gasteiger partial charge is 0.339 e. The van der Waals surface area contributed by atoms with E-state index in [-0.39, 0.29) is 81.6 Å². The van der Waals surface area contributed by atoms with E-state index in [1.54, 1.807) is 67.9 Å². The number of carbonyl (C=O) groups excluding carboxylic acids is 6. The van der Waals surface area contributed by atoms with Crippen LogP contribution >= 0.6 is 11.3 Å². The Bertz CT molecular complexity index is 7180. The molecule has 28 nitrogen and oxygen atoms in total. The van der Waals surface area contributed by atoms with E-state index >= 15 is 8.42 Å². The molecule has 0 radical (unpaired) electrons. The summed E-state index contributed by atoms with van der Waals surface area (Å²) in [5.41, 5.74) is 13.3. The highest BCUT2D eigenvalue weighted by molar-refractivity contribution is 7.89. The van der Waals surface area contributed by atoms with Gasteiger partial charge in [-0.15, -0.1) is 5.10 Å². The van der Waals surface area contributed by atoms with E-state index in [0.717, 1.165) is 106 Å². The van der Waals surface area contributed by atoms with E-state index in [0.29, 0.717) is 141 Å². The molecule has 1 fully saturated rings. The van der Waals surface area contributed by atoms with Crippen molar-refractivity contribution in [2.75, 3.05) is 75.3 Å². The van der Waals surface area contributed by atoms with Crippen LogP contribution in [0.15, 0.2) is 236 Å². The first-order valence-electron chi connectivity index (χ1n) is 48.7. The molecule has 4 amide bonds. The molecule has 2 atom stereocenters. The van der Waals surface area contributed by atoms with Crippen LogP contribution in [0.25, 0.3) is 33.4 Å². The molecule has 4 N–H and O–H groups in total. The number of piperidine rings is 1. The number of hydrogen-bond donors (Lipinski definition) is 4. The first kappa shape index (κ1) is 101. The van der Waals surface area contributed by atoms with Crippen LogP contribution in [0.2, 0.25) is 0 Å². The molecule has 7 aromatic carbocycles. The van der Waals surface area contributed by atoms with E-state index in [2.05, 4.69) is 135 Å². The molecule has 738 valence electrons. The number of benzene rings is 8. The predicted molar refractivity (Wildman–Crippen MR) is 544 cm³/mol. The fourth-order valence-corrected chi connectivity index (χ4v) is 23.8. The van der Waals surface area contributed by atoms with Crippen molar-refractivity contribution < 1.29 is 76.9 Å². The number of unbranched alkanes of at least 4 members (excludes halogenated alkanes) is 6. The third-order valence-corrected chi connectivity index (χ3v) is 32.9. The summed E-state index contributed by atoms with van der Waals surface area (Å²) in [6.07, 6.45) is 19.9. The summed E-state index contributed by atoms with van der Waals surface area (Å²) < 4.78 is 123. The largest absolute Gasteiger partial charge is 0.744 e. The standard InChI is InChI=1S/C109H122N12O16S4/c1-11-117-90-46-42-81(140(130,131)132)66-86(90)107(6,7)98(117)37-16-14-17-38-99-108(8,9)87-67-82(141(133,134)135)43-47-91(87)120(99)56-29-15-18-39-100(123)110-53-28-25-35-92(121-68-97(114-115-121)109(10,71(2)3)113-105(126)77-52-61-138-70-77)93(122)69-136-106(127)101-72(4)62-78(63-73(101)5)104(125)112-55-27-13-12-26-54-111-103(124)76-48-57-116(58-49-76)139(128,129)96-36-24-21-32-85(96)102-83-44-40-79(118-59-50-74-30-19-22-33-88(74)118)64-94(83)137-95-65-80(41-45-84(95)102)119-60-51-75-31-20-23-34-89(75)119/h14,16-17,19-24,30-34,36-38,40-47,52,61-68,70-71,76,92H,11-13,15,18,25-29,35,39,48-51,53-60,69H2,1-10H3,(H4-2,110,111,112,113,123,124,125,126,130,131,132,133,134,135)/t92-,109?/m0/s1. The summed E-state index contributed by atoms with van der Waals surface area (Å²) in [7, 11) is -13.5. The Balaban J connectivity index is 0.487. The number of aryl methyl sites for hydroxylation is 2. The minimum atomic E-state index is -4.77. The van der Waals surface area contributed by atoms with Crippen LogP contribution in [0, 0.1) is 25.7 Å². The minimum absolute atomic E-state index is 0.104. The second-order valence-corrected chi connectivity index (χ2v) is 44.2. The number of rotatable bonds is 39. The molecule has 0 bridgehead atoms. The monoisotopic (exact) mass is 1980 g/mol. The average molecular weight is 1980 g/mol. The number of anilines is 3. The van der Waals surface area contributed by atoms with Crippen LogP contribution in [0.1, 0.15) is 215 Å². The van der Waals surface area contributed by atoms with Crippen LogP contribution in [-0.2, 0) is 78.6 Å². The van der Waals surface area contributed by atoms with Crippen molar-refractivity contribution >= 4 is 122 Å². The summed E-state index contributed by atoms with van der Waals surface area (Å²) in [6.45, 7) is 22.6. The number of ether oxygens (including phenoxy) is 1. The maximum absolute atomic E-state index is 15.1. The lowest BCUT2D eigenvalue weighted by atomic mass is 9.81. The zero-order valence-electron chi connectivity index (χ0n) is 81.4. The molecule has 9 aromatic rings. The molecule has 1 saturated heterocycles. The summed E-state index contributed by atoms with van der Waals surface area (Å²) >= 11 is 1.39. The summed E-state index contributed by atoms with van der Waals surface area (Å²) in [4.78, 5) is 87.1. The zero-order valence-corrected chi connectivity index (χ0v) is 84.6. The molecule has 7 aliphatic rings. The number of Topliss-reactive ketones (excluding diaryl/α,β-unsaturated/α-hetero) is 1. The Morgan fingerprint density at radius 2 is 1.35 bits per heavy atom. The lowest BCUT2D eigenvalue weighted by Crippen LogP contribution is -2.47. The van der Waals surface area contributed by atoms with Gasteiger partial charge in [-0.2, -0.15) is 24.8 Å². The number of para-hydroxylation sites is 2. The molecule has 1 unspecified atom stereocenters. The van der Waals surface area contributed by atoms with Gasteiger partial charge < -0.3 is 49.3 Å². The number of amides is 4. The molecule has 141 heavy (non-hydrogen) atoms. The van der Waals surface area contributed by atoms with Crippen LogP contribution < -0.4 is 41.0 Å². The number of sulfonamides is 1. The van der Waals surface area contributed by atoms with E-state index in [4.69, 9.17) is 9.15 Å². The first-order valence-corrected chi connectivity index (χ1v) is 53.9. The average Bonchev–Trinajstić information content (AvgIpc) is 1.69. The highest BCUT2D eigenvalue weighted by Gasteiger charge is 2.46. The molecule has 16 rings (SSSR count). The number of nitrogens with one attached hydrogen (secondary N) is 4. The highest BCUT2D eigenvalue weighted by Crippen LogP contribution is 2.51. The van der Waals surface area contributed by atoms with Crippen LogP contribution in [0.3, 0.4) is 0 Å². The van der Waals surface area contributed by atoms with Crippen LogP contribution in [0.5, 0.6) is 0 Å². The SMILES string of the molecule is CC[N+]1=C(/C=C/C=C/C=C2/N(CCCCCC(=O)NCCCC[C@@H](C(=O)COC(=O)c3c(C)cc(C(=O)NCCCCCCNC(=O)C4CCN(S(=O)(=O)c5ccccc5-c5c6ccc(=[N+]7CCc8ccccc87)cc-6oc6cc(N7CCc8ccccc87)ccc56)CC4)cc3C)n3cc(C(C)(NC(=O)c4ccsc4)C(C)C)nn3)c3ccc(S(=O)(=O)[O-])cc3C2(C)C)C(C)(C)c2cc(S(=O)(=O)[O-])ccc21. The Kier molecular flexibility index (Phi) is 30.6. The Labute approximate surface area is 828 Å². The highest BCUT2D eigenvalue weighted by atomic mass is 32.2. The number of aromatic nitrogens is 3. The van der Waals surface area contributed by atoms with E-state index in [1.807, 2.05) is 103 Å². The molecule has 0 spiro atoms. The quantitative estimate of drug-likeness (QED) is 0.00694. The summed E-state index contributed by atoms with van der Waals surface area (Å²) in [5.74, 6) is -2.05. The predicted octanol–water partition coefficient (Wildman–Crippen LogP) is 17.1. The minimum Gasteiger partial charge on any atom is -0.744 e. The van der Waals surface area contributed by atoms with Gasteiger partial charge in [0, 0.05) is 167 Å². The van der Waals surface area contributed by atoms with Crippen molar-refractivity contribution in [3.8, 4) is 22.5 Å². The molecular formula is C109H122N12O16S4. The van der Waals surface area contributed by atoms with Crippen molar-refractivity contribution in [1.82, 2.24) is 45.1 Å². The third kappa shape index (κ3) is 21.7. The van der Waals surface area contributed by atoms with Crippen molar-refractivity contribution in [2.24, 2.45) is 11.8 Å². The van der Waals surface area contributed by atoms with E-state index < -0.39 is 71.0 Å². The topological polar surface area (TPSA) is 368 Å². The molecule has 0 saturated carbocycles. The lowest BCUT2D eigenvalue weighted by molar-refractivity contribution is -0.433. The Morgan fingerprint density at radius 1 is 0.660 bits per heavy atom.